The van der Waals surface area contributed by atoms with E-state index in [0.29, 0.717) is 20.2 Å². The Morgan fingerprint density at radius 1 is 1.03 bits per heavy atom. The van der Waals surface area contributed by atoms with Gasteiger partial charge in [0.25, 0.3) is 5.91 Å². The lowest BCUT2D eigenvalue weighted by Gasteiger charge is -2.06. The largest absolute Gasteiger partial charge is 0.508 e. The maximum atomic E-state index is 13.2. The first-order valence-electron chi connectivity index (χ1n) is 11.0. The minimum absolute atomic E-state index is 0.152. The molecule has 37 heavy (non-hydrogen) atoms. The predicted octanol–water partition coefficient (Wildman–Crippen LogP) is 6.69. The number of amides is 1. The monoisotopic (exact) mass is 543 g/mol. The first-order chi connectivity index (χ1) is 18.0. The molecule has 2 N–H and O–H groups in total. The molecule has 0 saturated carbocycles. The molecule has 0 aliphatic heterocycles. The van der Waals surface area contributed by atoms with Gasteiger partial charge >= 0.3 is 0 Å². The normalized spacial score (nSPS) is 11.5. The van der Waals surface area contributed by atoms with Crippen LogP contribution in [0.1, 0.15) is 20.8 Å². The SMILES string of the molecule is O=C(N/N=C/c1cc2ccccc2nc1Cl)c1sc(=S)n(-c2ccccc2)c1/N=C/c1ccc(O)cc1. The number of hydrogen-bond donors (Lipinski definition) is 2. The highest BCUT2D eigenvalue weighted by Gasteiger charge is 2.20. The third-order valence-corrected chi connectivity index (χ3v) is 6.98. The quantitative estimate of drug-likeness (QED) is 0.108. The van der Waals surface area contributed by atoms with Crippen molar-refractivity contribution in [2.75, 3.05) is 0 Å². The summed E-state index contributed by atoms with van der Waals surface area (Å²) < 4.78 is 2.19. The molecule has 0 saturated heterocycles. The van der Waals surface area contributed by atoms with Gasteiger partial charge in [-0.1, -0.05) is 59.3 Å². The van der Waals surface area contributed by atoms with Crippen molar-refractivity contribution in [3.8, 4) is 11.4 Å². The van der Waals surface area contributed by atoms with Gasteiger partial charge in [0.2, 0.25) is 0 Å². The highest BCUT2D eigenvalue weighted by molar-refractivity contribution is 7.73. The van der Waals surface area contributed by atoms with Crippen molar-refractivity contribution in [3.05, 3.63) is 110 Å². The van der Waals surface area contributed by atoms with Crippen molar-refractivity contribution in [3.63, 3.8) is 0 Å². The van der Waals surface area contributed by atoms with Gasteiger partial charge < -0.3 is 5.11 Å². The zero-order valence-electron chi connectivity index (χ0n) is 19.1. The second-order valence-corrected chi connectivity index (χ2v) is 9.80. The van der Waals surface area contributed by atoms with E-state index in [1.54, 1.807) is 35.0 Å². The number of pyridine rings is 1. The highest BCUT2D eigenvalue weighted by atomic mass is 35.5. The van der Waals surface area contributed by atoms with E-state index in [0.717, 1.165) is 33.5 Å². The maximum absolute atomic E-state index is 13.2. The Hall–Kier alpha value is -4.18. The number of carbonyl (C=O) groups is 1. The summed E-state index contributed by atoms with van der Waals surface area (Å²) in [5, 5.41) is 14.8. The number of aliphatic imine (C=N–C) groups is 1. The van der Waals surface area contributed by atoms with Crippen molar-refractivity contribution in [2.45, 2.75) is 0 Å². The summed E-state index contributed by atoms with van der Waals surface area (Å²) in [5.41, 5.74) is 5.41. The molecule has 2 aromatic heterocycles. The van der Waals surface area contributed by atoms with Gasteiger partial charge in [-0.25, -0.2) is 15.4 Å². The molecule has 5 rings (SSSR count). The van der Waals surface area contributed by atoms with E-state index >= 15 is 0 Å². The lowest BCUT2D eigenvalue weighted by atomic mass is 10.2. The number of hydrogen-bond acceptors (Lipinski definition) is 7. The number of halogens is 1. The number of carbonyl (C=O) groups excluding carboxylic acids is 1. The Labute approximate surface area is 226 Å². The van der Waals surface area contributed by atoms with Crippen LogP contribution in [0.3, 0.4) is 0 Å². The third-order valence-electron chi connectivity index (χ3n) is 5.31. The molecule has 10 heteroatoms. The predicted molar refractivity (Wildman–Crippen MR) is 152 cm³/mol. The number of fused-ring (bicyclic) bond motifs is 1. The lowest BCUT2D eigenvalue weighted by molar-refractivity contribution is 0.0959. The summed E-state index contributed by atoms with van der Waals surface area (Å²) in [6.07, 6.45) is 3.06. The van der Waals surface area contributed by atoms with Gasteiger partial charge in [0.15, 0.2) is 9.77 Å². The Kier molecular flexibility index (Phi) is 7.18. The van der Waals surface area contributed by atoms with Gasteiger partial charge in [-0.3, -0.25) is 9.36 Å². The van der Waals surface area contributed by atoms with Crippen LogP contribution in [-0.2, 0) is 0 Å². The number of benzene rings is 3. The fourth-order valence-electron chi connectivity index (χ4n) is 3.54. The second kappa shape index (κ2) is 10.8. The fourth-order valence-corrected chi connectivity index (χ4v) is 5.01. The van der Waals surface area contributed by atoms with Gasteiger partial charge in [-0.05, 0) is 66.3 Å². The number of para-hydroxylation sites is 2. The molecule has 0 fully saturated rings. The van der Waals surface area contributed by atoms with Crippen LogP contribution in [-0.4, -0.2) is 33.0 Å². The van der Waals surface area contributed by atoms with Crippen LogP contribution in [0.2, 0.25) is 5.15 Å². The molecule has 0 bridgehead atoms. The first-order valence-corrected chi connectivity index (χ1v) is 12.6. The molecule has 3 aromatic carbocycles. The number of aromatic nitrogens is 2. The van der Waals surface area contributed by atoms with Gasteiger partial charge in [-0.15, -0.1) is 0 Å². The number of thiazole rings is 1. The number of rotatable bonds is 6. The van der Waals surface area contributed by atoms with E-state index < -0.39 is 5.91 Å². The zero-order chi connectivity index (χ0) is 25.8. The summed E-state index contributed by atoms with van der Waals surface area (Å²) >= 11 is 13.0. The van der Waals surface area contributed by atoms with E-state index in [4.69, 9.17) is 23.8 Å². The minimum Gasteiger partial charge on any atom is -0.508 e. The summed E-state index contributed by atoms with van der Waals surface area (Å²) in [4.78, 5) is 22.4. The number of phenolic OH excluding ortho intramolecular Hbond substituents is 1. The van der Waals surface area contributed by atoms with E-state index in [1.165, 1.54) is 6.21 Å². The molecule has 1 amide bonds. The van der Waals surface area contributed by atoms with Gasteiger partial charge in [0, 0.05) is 22.9 Å². The molecule has 7 nitrogen and oxygen atoms in total. The lowest BCUT2D eigenvalue weighted by Crippen LogP contribution is -2.17. The second-order valence-electron chi connectivity index (χ2n) is 7.80. The zero-order valence-corrected chi connectivity index (χ0v) is 21.5. The number of hydrazone groups is 1. The third kappa shape index (κ3) is 5.49. The van der Waals surface area contributed by atoms with Crippen LogP contribution in [0.15, 0.2) is 95.0 Å². The highest BCUT2D eigenvalue weighted by Crippen LogP contribution is 2.31. The first kappa shape index (κ1) is 24.5. The molecule has 0 aliphatic rings. The summed E-state index contributed by atoms with van der Waals surface area (Å²) in [7, 11) is 0. The molecule has 5 aromatic rings. The van der Waals surface area contributed by atoms with Crippen molar-refractivity contribution in [1.29, 1.82) is 0 Å². The average Bonchev–Trinajstić information content (AvgIpc) is 3.25. The molecule has 0 atom stereocenters. The molecule has 0 aliphatic carbocycles. The van der Waals surface area contributed by atoms with Crippen LogP contribution in [0, 0.1) is 3.95 Å². The van der Waals surface area contributed by atoms with Crippen molar-refractivity contribution >= 4 is 70.2 Å². The fraction of sp³-hybridized carbons (Fsp3) is 0. The number of nitrogens with one attached hydrogen (secondary N) is 1. The van der Waals surface area contributed by atoms with Crippen molar-refractivity contribution < 1.29 is 9.90 Å². The Morgan fingerprint density at radius 2 is 1.76 bits per heavy atom. The number of nitrogens with zero attached hydrogens (tertiary/aromatic N) is 4. The summed E-state index contributed by atoms with van der Waals surface area (Å²) in [6.45, 7) is 0. The minimum atomic E-state index is -0.468. The average molecular weight is 544 g/mol. The van der Waals surface area contributed by atoms with Crippen LogP contribution >= 0.6 is 35.2 Å². The smallest absolute Gasteiger partial charge is 0.285 e. The number of aromatic hydroxyl groups is 1. The molecule has 0 radical (unpaired) electrons. The van der Waals surface area contributed by atoms with Crippen LogP contribution in [0.4, 0.5) is 5.82 Å². The molecule has 182 valence electrons. The van der Waals surface area contributed by atoms with Gasteiger partial charge in [-0.2, -0.15) is 5.10 Å². The Morgan fingerprint density at radius 3 is 2.54 bits per heavy atom. The Balaban J connectivity index is 1.47. The topological polar surface area (TPSA) is 91.9 Å². The van der Waals surface area contributed by atoms with E-state index in [-0.39, 0.29) is 10.9 Å². The van der Waals surface area contributed by atoms with E-state index in [1.807, 2.05) is 60.7 Å². The van der Waals surface area contributed by atoms with Crippen LogP contribution in [0.25, 0.3) is 16.6 Å². The molecule has 0 spiro atoms. The van der Waals surface area contributed by atoms with Crippen molar-refractivity contribution in [1.82, 2.24) is 15.0 Å². The van der Waals surface area contributed by atoms with Crippen molar-refractivity contribution in [2.24, 2.45) is 10.1 Å². The molecular weight excluding hydrogens is 526 g/mol. The van der Waals surface area contributed by atoms with Crippen LogP contribution in [0.5, 0.6) is 5.75 Å². The van der Waals surface area contributed by atoms with Crippen LogP contribution < -0.4 is 5.43 Å². The van der Waals surface area contributed by atoms with E-state index in [2.05, 4.69) is 20.5 Å². The number of phenols is 1. The maximum Gasteiger partial charge on any atom is 0.285 e. The Bertz CT molecular complexity index is 1710. The summed E-state index contributed by atoms with van der Waals surface area (Å²) in [5.74, 6) is 0.0525. The van der Waals surface area contributed by atoms with E-state index in [9.17, 15) is 9.90 Å². The molecule has 2 heterocycles. The molecular formula is C27H18ClN5O2S2. The summed E-state index contributed by atoms with van der Waals surface area (Å²) in [6, 6.07) is 25.4. The standard InChI is InChI=1S/C27H18ClN5O2S2/c28-24-19(14-18-6-4-5-9-22(18)31-24)16-30-32-26(35)23-25(29-15-17-10-12-21(34)13-11-17)33(27(36)37-23)20-7-2-1-3-8-20/h1-16,34H,(H,32,35)/b29-15+,30-16+. The van der Waals surface area contributed by atoms with Gasteiger partial charge in [0.05, 0.1) is 11.7 Å². The molecule has 0 unspecified atom stereocenters. The van der Waals surface area contributed by atoms with Gasteiger partial charge in [0.1, 0.15) is 15.8 Å².